The molecule has 1 N–H and O–H groups in total. The quantitative estimate of drug-likeness (QED) is 0.724. The fourth-order valence-electron chi connectivity index (χ4n) is 1.90. The van der Waals surface area contributed by atoms with Crippen LogP contribution in [0, 0.1) is 17.2 Å². The van der Waals surface area contributed by atoms with Crippen LogP contribution in [0.5, 0.6) is 0 Å². The first kappa shape index (κ1) is 10.9. The van der Waals surface area contributed by atoms with Gasteiger partial charge < -0.3 is 4.74 Å². The van der Waals surface area contributed by atoms with E-state index in [-0.39, 0.29) is 6.10 Å². The molecule has 2 fully saturated rings. The van der Waals surface area contributed by atoms with Gasteiger partial charge in [0.05, 0.1) is 18.8 Å². The molecule has 0 aromatic carbocycles. The van der Waals surface area contributed by atoms with Gasteiger partial charge in [-0.3, -0.25) is 5.32 Å². The normalized spacial score (nSPS) is 24.9. The molecule has 0 aromatic rings. The molecule has 3 nitrogen and oxygen atoms in total. The Hall–Kier alpha value is -0.590. The highest BCUT2D eigenvalue weighted by Gasteiger charge is 2.48. The molecule has 2 rings (SSSR count). The molecule has 0 heterocycles. The summed E-state index contributed by atoms with van der Waals surface area (Å²) in [7, 11) is 0. The van der Waals surface area contributed by atoms with Crippen molar-refractivity contribution in [2.75, 3.05) is 6.61 Å². The minimum Gasteiger partial charge on any atom is -0.376 e. The van der Waals surface area contributed by atoms with Crippen molar-refractivity contribution >= 4 is 0 Å². The van der Waals surface area contributed by atoms with Gasteiger partial charge in [0, 0.05) is 6.04 Å². The van der Waals surface area contributed by atoms with Gasteiger partial charge in [-0.1, -0.05) is 0 Å². The minimum absolute atomic E-state index is 0.206. The number of rotatable bonds is 6. The summed E-state index contributed by atoms with van der Waals surface area (Å²) >= 11 is 0. The van der Waals surface area contributed by atoms with E-state index >= 15 is 0 Å². The summed E-state index contributed by atoms with van der Waals surface area (Å²) in [4.78, 5) is 0. The third-order valence-corrected chi connectivity index (χ3v) is 3.16. The van der Waals surface area contributed by atoms with Gasteiger partial charge in [0.25, 0.3) is 0 Å². The molecular weight excluding hydrogens is 188 g/mol. The van der Waals surface area contributed by atoms with Gasteiger partial charge in [0.1, 0.15) is 5.54 Å². The third-order valence-electron chi connectivity index (χ3n) is 3.16. The lowest BCUT2D eigenvalue weighted by molar-refractivity contribution is 0.0371. The van der Waals surface area contributed by atoms with Gasteiger partial charge in [-0.2, -0.15) is 5.26 Å². The Kier molecular flexibility index (Phi) is 2.99. The first-order valence-electron chi connectivity index (χ1n) is 5.97. The number of hydrogen-bond donors (Lipinski definition) is 1. The predicted molar refractivity (Wildman–Crippen MR) is 58.3 cm³/mol. The fourth-order valence-corrected chi connectivity index (χ4v) is 1.90. The smallest absolute Gasteiger partial charge is 0.133 e. The van der Waals surface area contributed by atoms with Gasteiger partial charge >= 0.3 is 0 Å². The largest absolute Gasteiger partial charge is 0.376 e. The molecule has 2 aliphatic rings. The van der Waals surface area contributed by atoms with Crippen molar-refractivity contribution in [3.05, 3.63) is 0 Å². The number of ether oxygens (including phenoxy) is 1. The Morgan fingerprint density at radius 3 is 2.47 bits per heavy atom. The van der Waals surface area contributed by atoms with E-state index in [0.717, 1.165) is 0 Å². The van der Waals surface area contributed by atoms with Crippen LogP contribution in [0.2, 0.25) is 0 Å². The van der Waals surface area contributed by atoms with Crippen LogP contribution in [0.25, 0.3) is 0 Å². The molecule has 84 valence electrons. The van der Waals surface area contributed by atoms with E-state index in [4.69, 9.17) is 4.74 Å². The van der Waals surface area contributed by atoms with Crippen molar-refractivity contribution in [2.45, 2.75) is 57.2 Å². The summed E-state index contributed by atoms with van der Waals surface area (Å²) in [5.74, 6) is 0.516. The van der Waals surface area contributed by atoms with Crippen LogP contribution in [0.15, 0.2) is 0 Å². The number of nitriles is 1. The molecule has 0 aromatic heterocycles. The van der Waals surface area contributed by atoms with Crippen LogP contribution >= 0.6 is 0 Å². The Balaban J connectivity index is 1.95. The average Bonchev–Trinajstić information content (AvgIpc) is 3.01. The molecule has 15 heavy (non-hydrogen) atoms. The SMILES string of the molecule is CC(C)OCC(C#N)(NC1CC1)C1CC1. The lowest BCUT2D eigenvalue weighted by Gasteiger charge is -2.28. The topological polar surface area (TPSA) is 45.0 Å². The summed E-state index contributed by atoms with van der Waals surface area (Å²) in [5, 5.41) is 12.9. The molecule has 1 unspecified atom stereocenters. The Morgan fingerprint density at radius 2 is 2.07 bits per heavy atom. The lowest BCUT2D eigenvalue weighted by Crippen LogP contribution is -2.51. The van der Waals surface area contributed by atoms with Gasteiger partial charge in [-0.25, -0.2) is 0 Å². The maximum Gasteiger partial charge on any atom is 0.133 e. The molecule has 0 aliphatic heterocycles. The molecule has 0 spiro atoms. The lowest BCUT2D eigenvalue weighted by atomic mass is 9.96. The van der Waals surface area contributed by atoms with Crippen molar-refractivity contribution < 1.29 is 4.74 Å². The van der Waals surface area contributed by atoms with Crippen LogP contribution in [0.1, 0.15) is 39.5 Å². The van der Waals surface area contributed by atoms with E-state index in [1.807, 2.05) is 13.8 Å². The van der Waals surface area contributed by atoms with Gasteiger partial charge in [-0.15, -0.1) is 0 Å². The first-order valence-corrected chi connectivity index (χ1v) is 5.97. The van der Waals surface area contributed by atoms with Crippen LogP contribution in [-0.4, -0.2) is 24.3 Å². The van der Waals surface area contributed by atoms with Gasteiger partial charge in [0.15, 0.2) is 0 Å². The molecule has 2 aliphatic carbocycles. The van der Waals surface area contributed by atoms with Crippen LogP contribution in [0.4, 0.5) is 0 Å². The summed E-state index contributed by atoms with van der Waals surface area (Å²) in [6.07, 6.45) is 5.00. The molecule has 1 atom stereocenters. The molecule has 0 bridgehead atoms. The van der Waals surface area contributed by atoms with E-state index in [9.17, 15) is 5.26 Å². The number of hydrogen-bond acceptors (Lipinski definition) is 3. The molecule has 0 radical (unpaired) electrons. The highest BCUT2D eigenvalue weighted by Crippen LogP contribution is 2.41. The van der Waals surface area contributed by atoms with Crippen molar-refractivity contribution in [2.24, 2.45) is 5.92 Å². The van der Waals surface area contributed by atoms with Crippen LogP contribution < -0.4 is 5.32 Å². The predicted octanol–water partition coefficient (Wildman–Crippen LogP) is 1.84. The van der Waals surface area contributed by atoms with Gasteiger partial charge in [-0.05, 0) is 45.4 Å². The highest BCUT2D eigenvalue weighted by atomic mass is 16.5. The summed E-state index contributed by atoms with van der Waals surface area (Å²) in [6.45, 7) is 4.58. The van der Waals surface area contributed by atoms with Crippen molar-refractivity contribution in [1.82, 2.24) is 5.32 Å². The van der Waals surface area contributed by atoms with Crippen LogP contribution in [-0.2, 0) is 4.74 Å². The van der Waals surface area contributed by atoms with Gasteiger partial charge in [0.2, 0.25) is 0 Å². The summed E-state index contributed by atoms with van der Waals surface area (Å²) in [6, 6.07) is 3.04. The summed E-state index contributed by atoms with van der Waals surface area (Å²) in [5.41, 5.74) is -0.397. The van der Waals surface area contributed by atoms with E-state index in [1.54, 1.807) is 0 Å². The zero-order valence-electron chi connectivity index (χ0n) is 9.62. The number of nitrogens with one attached hydrogen (secondary N) is 1. The monoisotopic (exact) mass is 208 g/mol. The molecular formula is C12H20N2O. The Bertz CT molecular complexity index is 263. The molecule has 2 saturated carbocycles. The minimum atomic E-state index is -0.397. The average molecular weight is 208 g/mol. The van der Waals surface area contributed by atoms with E-state index in [2.05, 4.69) is 11.4 Å². The van der Waals surface area contributed by atoms with E-state index in [1.165, 1.54) is 25.7 Å². The highest BCUT2D eigenvalue weighted by molar-refractivity contribution is 5.17. The van der Waals surface area contributed by atoms with Crippen LogP contribution in [0.3, 0.4) is 0 Å². The maximum absolute atomic E-state index is 9.38. The van der Waals surface area contributed by atoms with Crippen molar-refractivity contribution in [3.8, 4) is 6.07 Å². The summed E-state index contributed by atoms with van der Waals surface area (Å²) < 4.78 is 5.64. The van der Waals surface area contributed by atoms with E-state index < -0.39 is 5.54 Å². The Labute approximate surface area is 91.8 Å². The standard InChI is InChI=1S/C12H20N2O/c1-9(2)15-8-12(7-13,10-3-4-10)14-11-5-6-11/h9-11,14H,3-6,8H2,1-2H3. The third kappa shape index (κ3) is 2.70. The van der Waals surface area contributed by atoms with E-state index in [0.29, 0.717) is 18.6 Å². The second-order valence-corrected chi connectivity index (χ2v) is 5.14. The molecule has 0 saturated heterocycles. The second kappa shape index (κ2) is 4.11. The molecule has 0 amide bonds. The van der Waals surface area contributed by atoms with Crippen molar-refractivity contribution in [1.29, 1.82) is 5.26 Å². The van der Waals surface area contributed by atoms with Crippen molar-refractivity contribution in [3.63, 3.8) is 0 Å². The first-order chi connectivity index (χ1) is 7.16. The number of nitrogens with zero attached hydrogens (tertiary/aromatic N) is 1. The zero-order valence-corrected chi connectivity index (χ0v) is 9.62. The second-order valence-electron chi connectivity index (χ2n) is 5.14. The maximum atomic E-state index is 9.38. The fraction of sp³-hybridized carbons (Fsp3) is 0.917. The Morgan fingerprint density at radius 1 is 1.40 bits per heavy atom. The molecule has 3 heteroatoms. The zero-order chi connectivity index (χ0) is 10.9.